The number of fused-ring (bicyclic) bond motifs is 2. The summed E-state index contributed by atoms with van der Waals surface area (Å²) in [6, 6.07) is 5.67. The van der Waals surface area contributed by atoms with Crippen molar-refractivity contribution < 1.29 is 33.2 Å². The molecule has 1 aliphatic rings. The minimum absolute atomic E-state index is 0.179. The third-order valence-electron chi connectivity index (χ3n) is 5.51. The van der Waals surface area contributed by atoms with Gasteiger partial charge in [-0.05, 0) is 37.6 Å². The second-order valence-electron chi connectivity index (χ2n) is 7.68. The van der Waals surface area contributed by atoms with Gasteiger partial charge >= 0.3 is 5.97 Å². The average molecular weight is 482 g/mol. The quantitative estimate of drug-likeness (QED) is 0.290. The third-order valence-corrected chi connectivity index (χ3v) is 5.51. The molecule has 3 aromatic rings. The Hall–Kier alpha value is -4.21. The van der Waals surface area contributed by atoms with Crippen LogP contribution >= 0.6 is 0 Å². The molecule has 1 aromatic heterocycles. The number of carbonyl (C=O) groups excluding carboxylic acids is 1. The van der Waals surface area contributed by atoms with Gasteiger partial charge in [-0.2, -0.15) is 0 Å². The van der Waals surface area contributed by atoms with Crippen molar-refractivity contribution in [3.63, 3.8) is 0 Å². The number of anilines is 1. The molecule has 0 fully saturated rings. The number of benzene rings is 2. The highest BCUT2D eigenvalue weighted by atomic mass is 16.7. The summed E-state index contributed by atoms with van der Waals surface area (Å²) in [5, 5.41) is 0.558. The molecule has 0 radical (unpaired) electrons. The van der Waals surface area contributed by atoms with Gasteiger partial charge in [0.05, 0.1) is 44.7 Å². The molecule has 0 aliphatic carbocycles. The second-order valence-corrected chi connectivity index (χ2v) is 7.68. The number of nitrogens with two attached hydrogens (primary N) is 1. The first-order valence-corrected chi connectivity index (χ1v) is 10.9. The van der Waals surface area contributed by atoms with E-state index in [0.29, 0.717) is 68.9 Å². The summed E-state index contributed by atoms with van der Waals surface area (Å²) in [6.45, 7) is 3.83. The largest absolute Gasteiger partial charge is 0.491 e. The van der Waals surface area contributed by atoms with Crippen LogP contribution in [0.25, 0.3) is 17.0 Å². The first kappa shape index (κ1) is 23.9. The predicted molar refractivity (Wildman–Crippen MR) is 129 cm³/mol. The van der Waals surface area contributed by atoms with Crippen LogP contribution in [0, 0.1) is 0 Å². The van der Waals surface area contributed by atoms with E-state index in [9.17, 15) is 4.79 Å². The number of methoxy groups -OCH3 is 3. The van der Waals surface area contributed by atoms with Crippen molar-refractivity contribution in [1.82, 2.24) is 9.97 Å². The molecule has 0 amide bonds. The normalized spacial score (nSPS) is 12.5. The van der Waals surface area contributed by atoms with Gasteiger partial charge in [-0.25, -0.2) is 14.8 Å². The first-order valence-electron chi connectivity index (χ1n) is 10.9. The van der Waals surface area contributed by atoms with Crippen molar-refractivity contribution in [2.24, 2.45) is 0 Å². The second kappa shape index (κ2) is 9.96. The molecule has 184 valence electrons. The molecule has 2 aromatic carbocycles. The minimum Gasteiger partial charge on any atom is -0.491 e. The molecule has 0 atom stereocenters. The van der Waals surface area contributed by atoms with Crippen LogP contribution in [0.1, 0.15) is 30.9 Å². The Kier molecular flexibility index (Phi) is 6.81. The molecule has 0 unspecified atom stereocenters. The fourth-order valence-corrected chi connectivity index (χ4v) is 3.93. The summed E-state index contributed by atoms with van der Waals surface area (Å²) in [4.78, 5) is 21.6. The van der Waals surface area contributed by atoms with Crippen molar-refractivity contribution in [3.05, 3.63) is 40.9 Å². The molecular weight excluding hydrogens is 454 g/mol. The number of nitrogens with zero attached hydrogens (tertiary/aromatic N) is 2. The summed E-state index contributed by atoms with van der Waals surface area (Å²) in [5.74, 6) is 2.15. The van der Waals surface area contributed by atoms with Crippen LogP contribution in [-0.2, 0) is 16.0 Å². The van der Waals surface area contributed by atoms with E-state index in [1.807, 2.05) is 18.2 Å². The van der Waals surface area contributed by atoms with Crippen molar-refractivity contribution in [2.75, 3.05) is 40.5 Å². The molecule has 2 N–H and O–H groups in total. The minimum atomic E-state index is -0.452. The Balaban J connectivity index is 1.96. The van der Waals surface area contributed by atoms with E-state index in [4.69, 9.17) is 39.1 Å². The summed E-state index contributed by atoms with van der Waals surface area (Å²) >= 11 is 0. The number of ether oxygens (including phenoxy) is 6. The number of carbonyl (C=O) groups is 1. The number of hydrogen-bond acceptors (Lipinski definition) is 10. The number of nitrogen functional groups attached to an aromatic ring is 1. The lowest BCUT2D eigenvalue weighted by molar-refractivity contribution is -0.138. The van der Waals surface area contributed by atoms with Crippen LogP contribution < -0.4 is 29.4 Å². The first-order chi connectivity index (χ1) is 16.9. The fourth-order valence-electron chi connectivity index (χ4n) is 3.93. The van der Waals surface area contributed by atoms with Gasteiger partial charge < -0.3 is 34.2 Å². The molecule has 0 spiro atoms. The van der Waals surface area contributed by atoms with Crippen molar-refractivity contribution in [2.45, 2.75) is 20.3 Å². The van der Waals surface area contributed by atoms with Crippen molar-refractivity contribution >= 4 is 28.6 Å². The Bertz CT molecular complexity index is 1320. The van der Waals surface area contributed by atoms with Gasteiger partial charge in [-0.15, -0.1) is 0 Å². The molecule has 1 aliphatic heterocycles. The van der Waals surface area contributed by atoms with Gasteiger partial charge in [0.1, 0.15) is 5.52 Å². The van der Waals surface area contributed by atoms with E-state index in [-0.39, 0.29) is 13.4 Å². The maximum atomic E-state index is 12.2. The number of esters is 1. The van der Waals surface area contributed by atoms with E-state index in [1.165, 1.54) is 21.3 Å². The molecule has 10 nitrogen and oxygen atoms in total. The molecule has 4 rings (SSSR count). The van der Waals surface area contributed by atoms with E-state index < -0.39 is 5.97 Å². The maximum absolute atomic E-state index is 12.2. The lowest BCUT2D eigenvalue weighted by Crippen LogP contribution is -2.08. The Morgan fingerprint density at radius 1 is 1.06 bits per heavy atom. The Labute approximate surface area is 202 Å². The molecule has 0 bridgehead atoms. The lowest BCUT2D eigenvalue weighted by atomic mass is 10.0. The zero-order chi connectivity index (χ0) is 25.1. The third kappa shape index (κ3) is 4.46. The zero-order valence-electron chi connectivity index (χ0n) is 20.3. The van der Waals surface area contributed by atoms with Crippen LogP contribution in [0.5, 0.6) is 28.7 Å². The van der Waals surface area contributed by atoms with Crippen LogP contribution in [-0.4, -0.2) is 50.7 Å². The highest BCUT2D eigenvalue weighted by Gasteiger charge is 2.25. The van der Waals surface area contributed by atoms with E-state index >= 15 is 0 Å². The number of hydrogen-bond donors (Lipinski definition) is 1. The van der Waals surface area contributed by atoms with Gasteiger partial charge in [0.25, 0.3) is 0 Å². The monoisotopic (exact) mass is 481 g/mol. The van der Waals surface area contributed by atoms with Crippen LogP contribution in [0.4, 0.5) is 5.69 Å². The standard InChI is InChI=1S/C25H27N3O7/c1-6-33-25(29)13(2)9-18-27-15(10-14-7-8-16-17(11-14)35-12-34-16)19-20(26)22(30-3)24(32-5)23(31-4)21(19)28-18/h7-9,11H,6,10,12,26H2,1-5H3/b13-9+. The van der Waals surface area contributed by atoms with Gasteiger partial charge in [0.2, 0.25) is 12.5 Å². The summed E-state index contributed by atoms with van der Waals surface area (Å²) in [7, 11) is 4.50. The van der Waals surface area contributed by atoms with E-state index in [2.05, 4.69) is 4.98 Å². The highest BCUT2D eigenvalue weighted by molar-refractivity contribution is 6.03. The summed E-state index contributed by atoms with van der Waals surface area (Å²) in [6.07, 6.45) is 1.95. The Morgan fingerprint density at radius 3 is 2.46 bits per heavy atom. The summed E-state index contributed by atoms with van der Waals surface area (Å²) in [5.41, 5.74) is 9.15. The predicted octanol–water partition coefficient (Wildman–Crippen LogP) is 3.52. The zero-order valence-corrected chi connectivity index (χ0v) is 20.3. The molecular formula is C25H27N3O7. The molecule has 2 heterocycles. The van der Waals surface area contributed by atoms with E-state index in [0.717, 1.165) is 5.56 Å². The van der Waals surface area contributed by atoms with Gasteiger partial charge in [0, 0.05) is 12.0 Å². The number of rotatable bonds is 8. The topological polar surface area (TPSA) is 124 Å². The van der Waals surface area contributed by atoms with Gasteiger partial charge in [-0.3, -0.25) is 0 Å². The molecule has 35 heavy (non-hydrogen) atoms. The average Bonchev–Trinajstić information content (AvgIpc) is 3.31. The van der Waals surface area contributed by atoms with Crippen LogP contribution in [0.15, 0.2) is 23.8 Å². The smallest absolute Gasteiger partial charge is 0.333 e. The molecule has 0 saturated heterocycles. The van der Waals surface area contributed by atoms with E-state index in [1.54, 1.807) is 19.9 Å². The lowest BCUT2D eigenvalue weighted by Gasteiger charge is -2.19. The van der Waals surface area contributed by atoms with Crippen LogP contribution in [0.2, 0.25) is 0 Å². The maximum Gasteiger partial charge on any atom is 0.333 e. The molecule has 10 heteroatoms. The fraction of sp³-hybridized carbons (Fsp3) is 0.320. The van der Waals surface area contributed by atoms with Gasteiger partial charge in [0.15, 0.2) is 28.8 Å². The highest BCUT2D eigenvalue weighted by Crippen LogP contribution is 2.48. The van der Waals surface area contributed by atoms with Crippen LogP contribution in [0.3, 0.4) is 0 Å². The molecule has 0 saturated carbocycles. The van der Waals surface area contributed by atoms with Gasteiger partial charge in [-0.1, -0.05) is 6.07 Å². The summed E-state index contributed by atoms with van der Waals surface area (Å²) < 4.78 is 32.8. The number of aromatic nitrogens is 2. The Morgan fingerprint density at radius 2 is 1.77 bits per heavy atom. The SMILES string of the molecule is CCOC(=O)/C(C)=C/c1nc(Cc2ccc3c(c2)OCO3)c2c(N)c(OC)c(OC)c(OC)c2n1. The van der Waals surface area contributed by atoms with Crippen molar-refractivity contribution in [1.29, 1.82) is 0 Å². The van der Waals surface area contributed by atoms with Crippen molar-refractivity contribution in [3.8, 4) is 28.7 Å².